The first kappa shape index (κ1) is 18.1. The maximum Gasteiger partial charge on any atom is 0.240 e. The molecule has 0 amide bonds. The van der Waals surface area contributed by atoms with E-state index in [4.69, 9.17) is 23.2 Å². The number of hydrogen-bond acceptors (Lipinski definition) is 3. The van der Waals surface area contributed by atoms with Crippen LogP contribution in [0.5, 0.6) is 0 Å². The fourth-order valence-corrected chi connectivity index (χ4v) is 3.90. The second-order valence-electron chi connectivity index (χ2n) is 5.11. The number of rotatable bonds is 7. The first-order valence-electron chi connectivity index (χ1n) is 7.10. The second kappa shape index (κ2) is 8.02. The van der Waals surface area contributed by atoms with Crippen molar-refractivity contribution in [2.24, 2.45) is 0 Å². The summed E-state index contributed by atoms with van der Waals surface area (Å²) in [7, 11) is -1.63. The lowest BCUT2D eigenvalue weighted by Crippen LogP contribution is -2.28. The average Bonchev–Trinajstić information content (AvgIpc) is 2.51. The van der Waals surface area contributed by atoms with Gasteiger partial charge in [0.25, 0.3) is 0 Å². The predicted octanol–water partition coefficient (Wildman–Crippen LogP) is 3.80. The molecule has 7 heteroatoms. The van der Waals surface area contributed by atoms with Gasteiger partial charge < -0.3 is 4.90 Å². The highest BCUT2D eigenvalue weighted by Crippen LogP contribution is 2.22. The van der Waals surface area contributed by atoms with Crippen molar-refractivity contribution in [1.29, 1.82) is 0 Å². The molecule has 0 aliphatic rings. The quantitative estimate of drug-likeness (QED) is 0.751. The lowest BCUT2D eigenvalue weighted by molar-refractivity contribution is 0.579. The second-order valence-corrected chi connectivity index (χ2v) is 7.75. The topological polar surface area (TPSA) is 49.4 Å². The molecule has 0 aliphatic carbocycles. The molecule has 23 heavy (non-hydrogen) atoms. The maximum atomic E-state index is 12.2. The Balaban J connectivity index is 1.88. The van der Waals surface area contributed by atoms with Gasteiger partial charge in [0.2, 0.25) is 10.0 Å². The Bertz CT molecular complexity index is 732. The Hall–Kier alpha value is -1.27. The molecule has 0 atom stereocenters. The van der Waals surface area contributed by atoms with E-state index in [1.165, 1.54) is 18.2 Å². The van der Waals surface area contributed by atoms with E-state index in [9.17, 15) is 8.42 Å². The Morgan fingerprint density at radius 3 is 2.26 bits per heavy atom. The van der Waals surface area contributed by atoms with Crippen molar-refractivity contribution in [2.45, 2.75) is 11.3 Å². The number of hydrogen-bond donors (Lipinski definition) is 1. The molecule has 0 radical (unpaired) electrons. The van der Waals surface area contributed by atoms with Crippen molar-refractivity contribution in [2.75, 3.05) is 25.0 Å². The minimum atomic E-state index is -3.61. The fraction of sp³-hybridized carbons (Fsp3) is 0.250. The minimum absolute atomic E-state index is 0.0754. The lowest BCUT2D eigenvalue weighted by atomic mass is 10.3. The van der Waals surface area contributed by atoms with E-state index in [1.807, 2.05) is 37.4 Å². The van der Waals surface area contributed by atoms with Gasteiger partial charge in [-0.2, -0.15) is 0 Å². The van der Waals surface area contributed by atoms with Crippen LogP contribution in [0.15, 0.2) is 53.4 Å². The van der Waals surface area contributed by atoms with Gasteiger partial charge >= 0.3 is 0 Å². The van der Waals surface area contributed by atoms with E-state index in [-0.39, 0.29) is 4.90 Å². The summed E-state index contributed by atoms with van der Waals surface area (Å²) in [5, 5.41) is 0.586. The lowest BCUT2D eigenvalue weighted by Gasteiger charge is -2.19. The van der Waals surface area contributed by atoms with Gasteiger partial charge in [-0.15, -0.1) is 0 Å². The standard InChI is InChI=1S/C16H18Cl2N2O2S/c1-20(15-6-3-2-4-7-15)9-5-8-19-23(21,22)16-11-13(17)10-14(18)12-16/h2-4,6-7,10-12,19H,5,8-9H2,1H3. The van der Waals surface area contributed by atoms with Crippen molar-refractivity contribution >= 4 is 38.9 Å². The molecule has 2 aromatic rings. The Kier molecular flexibility index (Phi) is 6.30. The van der Waals surface area contributed by atoms with Crippen LogP contribution in [0.2, 0.25) is 10.0 Å². The summed E-state index contributed by atoms with van der Waals surface area (Å²) in [4.78, 5) is 2.15. The molecule has 0 bridgehead atoms. The monoisotopic (exact) mass is 372 g/mol. The summed E-state index contributed by atoms with van der Waals surface area (Å²) in [6.45, 7) is 1.08. The number of nitrogens with one attached hydrogen (secondary N) is 1. The van der Waals surface area contributed by atoms with Gasteiger partial charge in [0.05, 0.1) is 4.90 Å². The van der Waals surface area contributed by atoms with Crippen molar-refractivity contribution in [1.82, 2.24) is 4.72 Å². The third-order valence-electron chi connectivity index (χ3n) is 3.31. The van der Waals surface area contributed by atoms with E-state index in [1.54, 1.807) is 0 Å². The van der Waals surface area contributed by atoms with Crippen LogP contribution >= 0.6 is 23.2 Å². The molecule has 1 N–H and O–H groups in total. The SMILES string of the molecule is CN(CCCNS(=O)(=O)c1cc(Cl)cc(Cl)c1)c1ccccc1. The molecule has 4 nitrogen and oxygen atoms in total. The number of halogens is 2. The van der Waals surface area contributed by atoms with Crippen LogP contribution in [0, 0.1) is 0 Å². The molecule has 0 aliphatic heterocycles. The van der Waals surface area contributed by atoms with Gasteiger partial charge in [0, 0.05) is 35.9 Å². The van der Waals surface area contributed by atoms with Crippen molar-refractivity contribution < 1.29 is 8.42 Å². The zero-order valence-corrected chi connectivity index (χ0v) is 15.0. The van der Waals surface area contributed by atoms with Gasteiger partial charge in [-0.1, -0.05) is 41.4 Å². The first-order valence-corrected chi connectivity index (χ1v) is 9.34. The van der Waals surface area contributed by atoms with Gasteiger partial charge in [-0.05, 0) is 36.8 Å². The minimum Gasteiger partial charge on any atom is -0.375 e. The van der Waals surface area contributed by atoms with Gasteiger partial charge in [0.15, 0.2) is 0 Å². The van der Waals surface area contributed by atoms with E-state index in [0.29, 0.717) is 23.0 Å². The molecule has 2 aromatic carbocycles. The molecule has 2 rings (SSSR count). The number of para-hydroxylation sites is 1. The number of sulfonamides is 1. The van der Waals surface area contributed by atoms with Crippen LogP contribution in [-0.2, 0) is 10.0 Å². The molecular weight excluding hydrogens is 355 g/mol. The first-order chi connectivity index (χ1) is 10.9. The molecule has 0 saturated heterocycles. The van der Waals surface area contributed by atoms with Crippen LogP contribution in [-0.4, -0.2) is 28.6 Å². The van der Waals surface area contributed by atoms with Crippen molar-refractivity contribution in [3.05, 3.63) is 58.6 Å². The fourth-order valence-electron chi connectivity index (χ4n) is 2.10. The third-order valence-corrected chi connectivity index (χ3v) is 5.18. The number of anilines is 1. The number of benzene rings is 2. The molecule has 0 spiro atoms. The maximum absolute atomic E-state index is 12.2. The van der Waals surface area contributed by atoms with Crippen LogP contribution in [0.3, 0.4) is 0 Å². The molecular formula is C16H18Cl2N2O2S. The molecule has 0 fully saturated rings. The number of nitrogens with zero attached hydrogens (tertiary/aromatic N) is 1. The van der Waals surface area contributed by atoms with E-state index in [2.05, 4.69) is 9.62 Å². The summed E-state index contributed by atoms with van der Waals surface area (Å²) in [6.07, 6.45) is 0.679. The van der Waals surface area contributed by atoms with Crippen LogP contribution in [0.25, 0.3) is 0 Å². The Labute approximate surface area is 147 Å². The highest BCUT2D eigenvalue weighted by molar-refractivity contribution is 7.89. The Morgan fingerprint density at radius 2 is 1.65 bits per heavy atom. The van der Waals surface area contributed by atoms with Gasteiger partial charge in [-0.3, -0.25) is 0 Å². The average molecular weight is 373 g/mol. The van der Waals surface area contributed by atoms with Crippen molar-refractivity contribution in [3.8, 4) is 0 Å². The highest BCUT2D eigenvalue weighted by atomic mass is 35.5. The summed E-state index contributed by atoms with van der Waals surface area (Å²) in [6, 6.07) is 14.2. The zero-order valence-electron chi connectivity index (χ0n) is 12.7. The van der Waals surface area contributed by atoms with Gasteiger partial charge in [-0.25, -0.2) is 13.1 Å². The Morgan fingerprint density at radius 1 is 1.04 bits per heavy atom. The van der Waals surface area contributed by atoms with Crippen LogP contribution in [0.1, 0.15) is 6.42 Å². The zero-order chi connectivity index (χ0) is 16.9. The molecule has 0 unspecified atom stereocenters. The van der Waals surface area contributed by atoms with Crippen LogP contribution < -0.4 is 9.62 Å². The summed E-state index contributed by atoms with van der Waals surface area (Å²) < 4.78 is 27.0. The van der Waals surface area contributed by atoms with E-state index in [0.717, 1.165) is 12.2 Å². The van der Waals surface area contributed by atoms with E-state index < -0.39 is 10.0 Å². The van der Waals surface area contributed by atoms with Gasteiger partial charge in [0.1, 0.15) is 0 Å². The highest BCUT2D eigenvalue weighted by Gasteiger charge is 2.15. The largest absolute Gasteiger partial charge is 0.375 e. The van der Waals surface area contributed by atoms with Crippen molar-refractivity contribution in [3.63, 3.8) is 0 Å². The third kappa shape index (κ3) is 5.39. The predicted molar refractivity (Wildman–Crippen MR) is 96.0 cm³/mol. The van der Waals surface area contributed by atoms with E-state index >= 15 is 0 Å². The summed E-state index contributed by atoms with van der Waals surface area (Å²) in [5.74, 6) is 0. The molecule has 0 heterocycles. The summed E-state index contributed by atoms with van der Waals surface area (Å²) in [5.41, 5.74) is 1.09. The van der Waals surface area contributed by atoms with Crippen LogP contribution in [0.4, 0.5) is 5.69 Å². The molecule has 0 saturated carbocycles. The smallest absolute Gasteiger partial charge is 0.240 e. The normalized spacial score (nSPS) is 11.4. The molecule has 124 valence electrons. The summed E-state index contributed by atoms with van der Waals surface area (Å²) >= 11 is 11.7. The molecule has 0 aromatic heterocycles.